The first-order chi connectivity index (χ1) is 14.1. The third kappa shape index (κ3) is 4.36. The molecule has 0 aliphatic heterocycles. The van der Waals surface area contributed by atoms with Crippen LogP contribution in [0.3, 0.4) is 0 Å². The van der Waals surface area contributed by atoms with Crippen LogP contribution >= 0.6 is 23.4 Å². The molecule has 2 aromatic carbocycles. The Balaban J connectivity index is 1.66. The summed E-state index contributed by atoms with van der Waals surface area (Å²) in [4.78, 5) is 16.5. The van der Waals surface area contributed by atoms with Gasteiger partial charge < -0.3 is 0 Å². The van der Waals surface area contributed by atoms with E-state index in [-0.39, 0.29) is 17.4 Å². The highest BCUT2D eigenvalue weighted by Crippen LogP contribution is 2.28. The van der Waals surface area contributed by atoms with Gasteiger partial charge in [-0.05, 0) is 60.7 Å². The molecule has 0 spiro atoms. The molecule has 29 heavy (non-hydrogen) atoms. The van der Waals surface area contributed by atoms with Crippen LogP contribution in [0.4, 0.5) is 4.39 Å². The molecular weight excluding hydrogens is 411 g/mol. The van der Waals surface area contributed by atoms with Gasteiger partial charge in [0.15, 0.2) is 16.8 Å². The summed E-state index contributed by atoms with van der Waals surface area (Å²) < 4.78 is 15.2. The van der Waals surface area contributed by atoms with Crippen LogP contribution in [0.2, 0.25) is 5.02 Å². The second-order valence-electron chi connectivity index (χ2n) is 6.07. The monoisotopic (exact) mass is 424 g/mol. The normalized spacial score (nSPS) is 10.8. The maximum atomic E-state index is 13.4. The van der Waals surface area contributed by atoms with Gasteiger partial charge in [0.1, 0.15) is 5.82 Å². The number of thioether (sulfide) groups is 1. The Morgan fingerprint density at radius 1 is 0.966 bits per heavy atom. The fraction of sp³-hybridized carbons (Fsp3) is 0.0476. The molecule has 0 saturated carbocycles. The predicted octanol–water partition coefficient (Wildman–Crippen LogP) is 5.10. The summed E-state index contributed by atoms with van der Waals surface area (Å²) in [6.45, 7) is 0. The standard InChI is InChI=1S/C21H14ClFN4OS/c22-16-3-1-14(2-4-16)19(28)13-29-21-26-25-20(15-9-11-24-12-10-15)27(21)18-7-5-17(23)6-8-18/h1-12H,13H2. The average Bonchev–Trinajstić information content (AvgIpc) is 3.17. The smallest absolute Gasteiger partial charge is 0.196 e. The first-order valence-electron chi connectivity index (χ1n) is 8.65. The zero-order chi connectivity index (χ0) is 20.2. The number of carbonyl (C=O) groups is 1. The Kier molecular flexibility index (Phi) is 5.69. The Hall–Kier alpha value is -3.03. The van der Waals surface area contributed by atoms with Crippen molar-refractivity contribution in [3.05, 3.63) is 89.5 Å². The molecule has 144 valence electrons. The molecule has 0 aliphatic rings. The van der Waals surface area contributed by atoms with Gasteiger partial charge in [-0.3, -0.25) is 14.3 Å². The second kappa shape index (κ2) is 8.55. The van der Waals surface area contributed by atoms with Crippen LogP contribution in [0.15, 0.2) is 78.2 Å². The number of rotatable bonds is 6. The SMILES string of the molecule is O=C(CSc1nnc(-c2ccncc2)n1-c1ccc(F)cc1)c1ccc(Cl)cc1. The largest absolute Gasteiger partial charge is 0.293 e. The quantitative estimate of drug-likeness (QED) is 0.318. The van der Waals surface area contributed by atoms with E-state index in [4.69, 9.17) is 11.6 Å². The summed E-state index contributed by atoms with van der Waals surface area (Å²) in [5, 5.41) is 9.66. The van der Waals surface area contributed by atoms with Crippen molar-refractivity contribution in [2.75, 3.05) is 5.75 Å². The number of carbonyl (C=O) groups excluding carboxylic acids is 1. The van der Waals surface area contributed by atoms with Crippen LogP contribution in [-0.2, 0) is 0 Å². The van der Waals surface area contributed by atoms with Crippen molar-refractivity contribution in [1.29, 1.82) is 0 Å². The molecule has 2 aromatic heterocycles. The number of pyridine rings is 1. The van der Waals surface area contributed by atoms with Crippen LogP contribution in [-0.4, -0.2) is 31.3 Å². The molecule has 0 atom stereocenters. The Bertz CT molecular complexity index is 1130. The van der Waals surface area contributed by atoms with Gasteiger partial charge in [0.25, 0.3) is 0 Å². The van der Waals surface area contributed by atoms with Crippen molar-refractivity contribution in [3.63, 3.8) is 0 Å². The van der Waals surface area contributed by atoms with Gasteiger partial charge in [0, 0.05) is 34.2 Å². The summed E-state index contributed by atoms with van der Waals surface area (Å²) in [7, 11) is 0. The van der Waals surface area contributed by atoms with Crippen LogP contribution in [0.5, 0.6) is 0 Å². The molecule has 0 fully saturated rings. The molecule has 8 heteroatoms. The van der Waals surface area contributed by atoms with E-state index in [2.05, 4.69) is 15.2 Å². The van der Waals surface area contributed by atoms with Gasteiger partial charge in [-0.25, -0.2) is 4.39 Å². The maximum Gasteiger partial charge on any atom is 0.196 e. The summed E-state index contributed by atoms with van der Waals surface area (Å²) in [6.07, 6.45) is 3.33. The minimum atomic E-state index is -0.334. The van der Waals surface area contributed by atoms with Crippen LogP contribution in [0.25, 0.3) is 17.1 Å². The summed E-state index contributed by atoms with van der Waals surface area (Å²) in [6, 6.07) is 16.4. The lowest BCUT2D eigenvalue weighted by molar-refractivity contribution is 0.102. The summed E-state index contributed by atoms with van der Waals surface area (Å²) in [5.74, 6) is 0.378. The minimum absolute atomic E-state index is 0.0502. The third-order valence-corrected chi connectivity index (χ3v) is 5.34. The van der Waals surface area contributed by atoms with Crippen molar-refractivity contribution >= 4 is 29.1 Å². The van der Waals surface area contributed by atoms with Gasteiger partial charge in [-0.15, -0.1) is 10.2 Å². The van der Waals surface area contributed by atoms with Gasteiger partial charge in [-0.2, -0.15) is 0 Å². The van der Waals surface area contributed by atoms with Crippen LogP contribution < -0.4 is 0 Å². The molecular formula is C21H14ClFN4OS. The lowest BCUT2D eigenvalue weighted by atomic mass is 10.1. The molecule has 4 rings (SSSR count). The molecule has 0 amide bonds. The van der Waals surface area contributed by atoms with Crippen molar-refractivity contribution in [2.24, 2.45) is 0 Å². The van der Waals surface area contributed by atoms with Crippen molar-refractivity contribution in [3.8, 4) is 17.1 Å². The lowest BCUT2D eigenvalue weighted by Gasteiger charge is -2.10. The fourth-order valence-electron chi connectivity index (χ4n) is 2.72. The highest BCUT2D eigenvalue weighted by atomic mass is 35.5. The number of halogens is 2. The number of Topliss-reactive ketones (excluding diaryl/α,β-unsaturated/α-hetero) is 1. The van der Waals surface area contributed by atoms with Gasteiger partial charge in [-0.1, -0.05) is 23.4 Å². The van der Waals surface area contributed by atoms with Crippen LogP contribution in [0.1, 0.15) is 10.4 Å². The van der Waals surface area contributed by atoms with E-state index in [0.29, 0.717) is 27.3 Å². The molecule has 2 heterocycles. The van der Waals surface area contributed by atoms with E-state index in [1.54, 1.807) is 53.4 Å². The lowest BCUT2D eigenvalue weighted by Crippen LogP contribution is -2.05. The van der Waals surface area contributed by atoms with Gasteiger partial charge in [0.2, 0.25) is 0 Å². The number of benzene rings is 2. The van der Waals surface area contributed by atoms with E-state index in [0.717, 1.165) is 5.56 Å². The van der Waals surface area contributed by atoms with E-state index in [1.165, 1.54) is 23.9 Å². The number of hydrogen-bond donors (Lipinski definition) is 0. The molecule has 0 bridgehead atoms. The van der Waals surface area contributed by atoms with Gasteiger partial charge in [0.05, 0.1) is 5.75 Å². The first kappa shape index (κ1) is 19.3. The van der Waals surface area contributed by atoms with E-state index >= 15 is 0 Å². The minimum Gasteiger partial charge on any atom is -0.293 e. The number of aromatic nitrogens is 4. The molecule has 5 nitrogen and oxygen atoms in total. The summed E-state index contributed by atoms with van der Waals surface area (Å²) >= 11 is 7.15. The van der Waals surface area contributed by atoms with Crippen molar-refractivity contribution in [1.82, 2.24) is 19.7 Å². The zero-order valence-corrected chi connectivity index (χ0v) is 16.6. The fourth-order valence-corrected chi connectivity index (χ4v) is 3.70. The summed E-state index contributed by atoms with van der Waals surface area (Å²) in [5.41, 5.74) is 2.08. The highest BCUT2D eigenvalue weighted by Gasteiger charge is 2.18. The Labute approximate surface area is 175 Å². The van der Waals surface area contributed by atoms with Crippen molar-refractivity contribution < 1.29 is 9.18 Å². The molecule has 0 radical (unpaired) electrons. The topological polar surface area (TPSA) is 60.7 Å². The predicted molar refractivity (Wildman–Crippen MR) is 111 cm³/mol. The first-order valence-corrected chi connectivity index (χ1v) is 10.0. The molecule has 0 aliphatic carbocycles. The molecule has 0 N–H and O–H groups in total. The zero-order valence-electron chi connectivity index (χ0n) is 15.0. The van der Waals surface area contributed by atoms with E-state index in [9.17, 15) is 9.18 Å². The Morgan fingerprint density at radius 3 is 2.34 bits per heavy atom. The maximum absolute atomic E-state index is 13.4. The average molecular weight is 425 g/mol. The second-order valence-corrected chi connectivity index (χ2v) is 7.45. The third-order valence-electron chi connectivity index (χ3n) is 4.16. The number of nitrogens with zero attached hydrogens (tertiary/aromatic N) is 4. The Morgan fingerprint density at radius 2 is 1.66 bits per heavy atom. The molecule has 0 saturated heterocycles. The van der Waals surface area contributed by atoms with E-state index in [1.807, 2.05) is 12.1 Å². The number of hydrogen-bond acceptors (Lipinski definition) is 5. The van der Waals surface area contributed by atoms with E-state index < -0.39 is 0 Å². The highest BCUT2D eigenvalue weighted by molar-refractivity contribution is 7.99. The van der Waals surface area contributed by atoms with Crippen molar-refractivity contribution in [2.45, 2.75) is 5.16 Å². The number of ketones is 1. The van der Waals surface area contributed by atoms with Crippen LogP contribution in [0, 0.1) is 5.82 Å². The molecule has 4 aromatic rings. The van der Waals surface area contributed by atoms with Gasteiger partial charge >= 0.3 is 0 Å². The molecule has 0 unspecified atom stereocenters.